The molecule has 0 unspecified atom stereocenters. The molecule has 35 heavy (non-hydrogen) atoms. The van der Waals surface area contributed by atoms with Crippen molar-refractivity contribution in [1.29, 1.82) is 0 Å². The summed E-state index contributed by atoms with van der Waals surface area (Å²) in [6.07, 6.45) is 8.03. The molecule has 2 N–H and O–H groups in total. The fraction of sp³-hybridized carbons (Fsp3) is 0.517. The highest BCUT2D eigenvalue weighted by Crippen LogP contribution is 2.49. The molecule has 6 nitrogen and oxygen atoms in total. The summed E-state index contributed by atoms with van der Waals surface area (Å²) in [5.41, 5.74) is 7.81. The Kier molecular flexibility index (Phi) is 6.12. The van der Waals surface area contributed by atoms with Gasteiger partial charge in [0.15, 0.2) is 0 Å². The molecule has 2 saturated carbocycles. The normalized spacial score (nSPS) is 27.8. The first kappa shape index (κ1) is 23.9. The minimum Gasteiger partial charge on any atom is -0.378 e. The first-order valence-corrected chi connectivity index (χ1v) is 12.9. The van der Waals surface area contributed by atoms with Crippen LogP contribution in [0.4, 0.5) is 10.5 Å². The van der Waals surface area contributed by atoms with Gasteiger partial charge in [-0.1, -0.05) is 49.4 Å². The molecule has 2 aromatic rings. The third-order valence-electron chi connectivity index (χ3n) is 9.19. The Morgan fingerprint density at radius 1 is 0.971 bits per heavy atom. The maximum atomic E-state index is 14.0. The maximum Gasteiger partial charge on any atom is 0.325 e. The molecule has 1 spiro atoms. The van der Waals surface area contributed by atoms with Gasteiger partial charge in [0.05, 0.1) is 28.9 Å². The molecule has 2 aromatic carbocycles. The van der Waals surface area contributed by atoms with Crippen LogP contribution < -0.4 is 10.6 Å². The molecular weight excluding hydrogens is 438 g/mol. The molecule has 3 aliphatic rings. The molecule has 1 saturated heterocycles. The highest BCUT2D eigenvalue weighted by atomic mass is 16.5. The van der Waals surface area contributed by atoms with E-state index in [4.69, 9.17) is 10.5 Å². The Bertz CT molecular complexity index is 1080. The van der Waals surface area contributed by atoms with E-state index in [2.05, 4.69) is 42.2 Å². The second-order valence-corrected chi connectivity index (χ2v) is 11.0. The molecule has 5 rings (SSSR count). The fourth-order valence-electron chi connectivity index (χ4n) is 6.50. The summed E-state index contributed by atoms with van der Waals surface area (Å²) in [7, 11) is 1.79. The van der Waals surface area contributed by atoms with Crippen LogP contribution in [0.1, 0.15) is 74.2 Å². The highest BCUT2D eigenvalue weighted by Gasteiger charge is 2.54. The van der Waals surface area contributed by atoms with E-state index in [1.54, 1.807) is 24.1 Å². The van der Waals surface area contributed by atoms with Gasteiger partial charge in [-0.3, -0.25) is 9.69 Å². The van der Waals surface area contributed by atoms with Crippen molar-refractivity contribution in [3.63, 3.8) is 0 Å². The molecule has 3 fully saturated rings. The van der Waals surface area contributed by atoms with Crippen LogP contribution in [-0.2, 0) is 10.2 Å². The average Bonchev–Trinajstić information content (AvgIpc) is 3.12. The van der Waals surface area contributed by atoms with Crippen molar-refractivity contribution in [1.82, 2.24) is 4.90 Å². The van der Waals surface area contributed by atoms with Gasteiger partial charge in [0.2, 0.25) is 0 Å². The van der Waals surface area contributed by atoms with Gasteiger partial charge in [-0.05, 0) is 74.5 Å². The van der Waals surface area contributed by atoms with Crippen LogP contribution in [0.15, 0.2) is 54.6 Å². The Morgan fingerprint density at radius 2 is 1.63 bits per heavy atom. The molecule has 6 heteroatoms. The lowest BCUT2D eigenvalue weighted by atomic mass is 9.65. The van der Waals surface area contributed by atoms with Gasteiger partial charge in [0.25, 0.3) is 5.91 Å². The predicted octanol–water partition coefficient (Wildman–Crippen LogP) is 5.26. The average molecular weight is 476 g/mol. The number of methoxy groups -OCH3 is 1. The largest absolute Gasteiger partial charge is 0.378 e. The number of nitrogens with two attached hydrogens (primary N) is 1. The standard InChI is InChI=1S/C29H37N3O3/c1-27(22-9-4-3-5-10-22)15-17-28(18-16-27)21-31(24-12-7-6-11-23(24)25(30)33)26(34)32(28)20-19-29(35-2)13-8-14-29/h3-7,9-12H,8,13-21H2,1-2H3,(H2,30,33). The Hall–Kier alpha value is -2.86. The van der Waals surface area contributed by atoms with Gasteiger partial charge in [-0.25, -0.2) is 4.79 Å². The fourth-order valence-corrected chi connectivity index (χ4v) is 6.50. The number of benzene rings is 2. The number of carbonyl (C=O) groups is 2. The minimum atomic E-state index is -0.506. The topological polar surface area (TPSA) is 75.9 Å². The van der Waals surface area contributed by atoms with Crippen molar-refractivity contribution in [2.75, 3.05) is 25.1 Å². The quantitative estimate of drug-likeness (QED) is 0.594. The summed E-state index contributed by atoms with van der Waals surface area (Å²) in [4.78, 5) is 30.0. The number of primary amides is 1. The number of amides is 3. The zero-order chi connectivity index (χ0) is 24.7. The Labute approximate surface area is 208 Å². The predicted molar refractivity (Wildman–Crippen MR) is 138 cm³/mol. The molecule has 1 aliphatic heterocycles. The summed E-state index contributed by atoms with van der Waals surface area (Å²) in [6.45, 7) is 3.61. The lowest BCUT2D eigenvalue weighted by Gasteiger charge is -2.48. The summed E-state index contributed by atoms with van der Waals surface area (Å²) < 4.78 is 5.88. The van der Waals surface area contributed by atoms with Crippen molar-refractivity contribution < 1.29 is 14.3 Å². The molecule has 3 amide bonds. The van der Waals surface area contributed by atoms with Crippen LogP contribution in [0.25, 0.3) is 0 Å². The molecule has 0 atom stereocenters. The van der Waals surface area contributed by atoms with E-state index < -0.39 is 5.91 Å². The van der Waals surface area contributed by atoms with E-state index >= 15 is 0 Å². The summed E-state index contributed by atoms with van der Waals surface area (Å²) in [5.74, 6) is -0.506. The number of urea groups is 1. The number of ether oxygens (including phenoxy) is 1. The zero-order valence-electron chi connectivity index (χ0n) is 21.0. The number of anilines is 1. The molecule has 2 aliphatic carbocycles. The lowest BCUT2D eigenvalue weighted by molar-refractivity contribution is -0.0835. The number of hydrogen-bond donors (Lipinski definition) is 1. The minimum absolute atomic E-state index is 0.0207. The first-order valence-electron chi connectivity index (χ1n) is 12.9. The van der Waals surface area contributed by atoms with Gasteiger partial charge in [0.1, 0.15) is 0 Å². The number of para-hydroxylation sites is 1. The van der Waals surface area contributed by atoms with Crippen molar-refractivity contribution >= 4 is 17.6 Å². The van der Waals surface area contributed by atoms with E-state index in [0.29, 0.717) is 24.3 Å². The molecule has 0 bridgehead atoms. The number of hydrogen-bond acceptors (Lipinski definition) is 3. The third-order valence-corrected chi connectivity index (χ3v) is 9.19. The summed E-state index contributed by atoms with van der Waals surface area (Å²) in [5, 5.41) is 0. The van der Waals surface area contributed by atoms with Gasteiger partial charge in [-0.2, -0.15) is 0 Å². The van der Waals surface area contributed by atoms with Crippen LogP contribution in [0.2, 0.25) is 0 Å². The van der Waals surface area contributed by atoms with Crippen molar-refractivity contribution in [3.8, 4) is 0 Å². The molecule has 0 radical (unpaired) electrons. The number of rotatable bonds is 7. The molecule has 1 heterocycles. The molecule has 186 valence electrons. The van der Waals surface area contributed by atoms with Gasteiger partial charge >= 0.3 is 6.03 Å². The third kappa shape index (κ3) is 4.12. The van der Waals surface area contributed by atoms with Crippen molar-refractivity contribution in [2.45, 2.75) is 74.8 Å². The van der Waals surface area contributed by atoms with Crippen molar-refractivity contribution in [2.24, 2.45) is 5.73 Å². The van der Waals surface area contributed by atoms with Gasteiger partial charge in [0, 0.05) is 13.7 Å². The van der Waals surface area contributed by atoms with E-state index in [1.807, 2.05) is 12.1 Å². The van der Waals surface area contributed by atoms with E-state index in [-0.39, 0.29) is 22.6 Å². The van der Waals surface area contributed by atoms with E-state index in [0.717, 1.165) is 44.9 Å². The first-order chi connectivity index (χ1) is 16.8. The Morgan fingerprint density at radius 3 is 2.23 bits per heavy atom. The highest BCUT2D eigenvalue weighted by molar-refractivity contribution is 6.05. The lowest BCUT2D eigenvalue weighted by Crippen LogP contribution is -2.53. The number of carbonyl (C=O) groups excluding carboxylic acids is 2. The van der Waals surface area contributed by atoms with Gasteiger partial charge in [-0.15, -0.1) is 0 Å². The van der Waals surface area contributed by atoms with Crippen LogP contribution in [0, 0.1) is 0 Å². The molecular formula is C29H37N3O3. The van der Waals surface area contributed by atoms with Crippen LogP contribution in [0.5, 0.6) is 0 Å². The number of nitrogens with zero attached hydrogens (tertiary/aromatic N) is 2. The smallest absolute Gasteiger partial charge is 0.325 e. The summed E-state index contributed by atoms with van der Waals surface area (Å²) in [6, 6.07) is 17.9. The van der Waals surface area contributed by atoms with Gasteiger partial charge < -0.3 is 15.4 Å². The molecule has 0 aromatic heterocycles. The maximum absolute atomic E-state index is 14.0. The van der Waals surface area contributed by atoms with Crippen LogP contribution in [0.3, 0.4) is 0 Å². The second-order valence-electron chi connectivity index (χ2n) is 11.0. The second kappa shape index (κ2) is 8.98. The van der Waals surface area contributed by atoms with Crippen molar-refractivity contribution in [3.05, 3.63) is 65.7 Å². The summed E-state index contributed by atoms with van der Waals surface area (Å²) >= 11 is 0. The van der Waals surface area contributed by atoms with E-state index in [1.165, 1.54) is 12.0 Å². The Balaban J connectivity index is 1.45. The monoisotopic (exact) mass is 475 g/mol. The van der Waals surface area contributed by atoms with Crippen LogP contribution >= 0.6 is 0 Å². The van der Waals surface area contributed by atoms with Crippen LogP contribution in [-0.4, -0.2) is 48.2 Å². The SMILES string of the molecule is COC1(CCN2C(=O)N(c3ccccc3C(N)=O)CC23CCC(C)(c2ccccc2)CC3)CCC1. The van der Waals surface area contributed by atoms with E-state index in [9.17, 15) is 9.59 Å². The zero-order valence-corrected chi connectivity index (χ0v) is 21.0.